The van der Waals surface area contributed by atoms with Crippen LogP contribution in [0.25, 0.3) is 28.2 Å². The molecule has 0 aromatic carbocycles. The maximum absolute atomic E-state index is 4.81. The molecular weight excluding hydrogens is 324 g/mol. The monoisotopic (exact) mass is 344 g/mol. The molecule has 1 aliphatic rings. The summed E-state index contributed by atoms with van der Waals surface area (Å²) in [5.41, 5.74) is 5.01. The van der Waals surface area contributed by atoms with E-state index < -0.39 is 0 Å². The molecule has 130 valence electrons. The fourth-order valence-electron chi connectivity index (χ4n) is 3.33. The Kier molecular flexibility index (Phi) is 3.48. The smallest absolute Gasteiger partial charge is 0.137 e. The topological polar surface area (TPSA) is 60.0 Å². The molecule has 4 aromatic rings. The van der Waals surface area contributed by atoms with Gasteiger partial charge in [-0.2, -0.15) is 5.10 Å². The van der Waals surface area contributed by atoms with E-state index >= 15 is 0 Å². The van der Waals surface area contributed by atoms with E-state index in [0.29, 0.717) is 6.04 Å². The largest absolute Gasteiger partial charge is 0.367 e. The first-order chi connectivity index (χ1) is 12.8. The number of rotatable bonds is 4. The average molecular weight is 344 g/mol. The van der Waals surface area contributed by atoms with Gasteiger partial charge in [0, 0.05) is 36.6 Å². The van der Waals surface area contributed by atoms with Crippen molar-refractivity contribution in [2.24, 2.45) is 7.05 Å². The van der Waals surface area contributed by atoms with Gasteiger partial charge in [-0.1, -0.05) is 6.07 Å². The van der Waals surface area contributed by atoms with E-state index in [-0.39, 0.29) is 0 Å². The molecule has 6 heteroatoms. The van der Waals surface area contributed by atoms with Crippen LogP contribution in [0.2, 0.25) is 0 Å². The molecule has 6 nitrogen and oxygen atoms in total. The van der Waals surface area contributed by atoms with Gasteiger partial charge in [-0.3, -0.25) is 9.08 Å². The maximum atomic E-state index is 4.81. The third-order valence-electron chi connectivity index (χ3n) is 5.01. The molecule has 5 rings (SSSR count). The molecule has 1 aliphatic carbocycles. The van der Waals surface area contributed by atoms with E-state index in [9.17, 15) is 0 Å². The number of fused-ring (bicyclic) bond motifs is 1. The van der Waals surface area contributed by atoms with Crippen molar-refractivity contribution in [2.45, 2.75) is 25.3 Å². The summed E-state index contributed by atoms with van der Waals surface area (Å²) in [6.07, 6.45) is 11.6. The number of anilines is 1. The van der Waals surface area contributed by atoms with Gasteiger partial charge < -0.3 is 5.32 Å². The Balaban J connectivity index is 1.55. The lowest BCUT2D eigenvalue weighted by molar-refractivity contribution is 0.444. The molecule has 1 saturated carbocycles. The molecule has 4 aromatic heterocycles. The van der Waals surface area contributed by atoms with Crippen LogP contribution in [0, 0.1) is 0 Å². The van der Waals surface area contributed by atoms with E-state index in [4.69, 9.17) is 4.98 Å². The fourth-order valence-corrected chi connectivity index (χ4v) is 3.33. The van der Waals surface area contributed by atoms with Crippen LogP contribution in [0.1, 0.15) is 19.3 Å². The van der Waals surface area contributed by atoms with Crippen LogP contribution in [0.3, 0.4) is 0 Å². The van der Waals surface area contributed by atoms with Crippen LogP contribution in [-0.4, -0.2) is 30.2 Å². The van der Waals surface area contributed by atoms with Gasteiger partial charge in [-0.15, -0.1) is 0 Å². The minimum atomic E-state index is 0.567. The van der Waals surface area contributed by atoms with E-state index in [1.54, 1.807) is 0 Å². The lowest BCUT2D eigenvalue weighted by Crippen LogP contribution is -2.27. The van der Waals surface area contributed by atoms with E-state index in [2.05, 4.69) is 32.1 Å². The van der Waals surface area contributed by atoms with Crippen LogP contribution >= 0.6 is 0 Å². The van der Waals surface area contributed by atoms with Gasteiger partial charge in [-0.05, 0) is 43.5 Å². The van der Waals surface area contributed by atoms with Crippen molar-refractivity contribution < 1.29 is 0 Å². The second kappa shape index (κ2) is 5.98. The molecule has 1 N–H and O–H groups in total. The second-order valence-electron chi connectivity index (χ2n) is 6.87. The number of aryl methyl sites for hydroxylation is 1. The van der Waals surface area contributed by atoms with Crippen molar-refractivity contribution in [3.05, 3.63) is 55.1 Å². The Morgan fingerprint density at radius 2 is 1.96 bits per heavy atom. The van der Waals surface area contributed by atoms with Gasteiger partial charge in [0.2, 0.25) is 0 Å². The third-order valence-corrected chi connectivity index (χ3v) is 5.01. The normalized spacial score (nSPS) is 14.5. The summed E-state index contributed by atoms with van der Waals surface area (Å²) in [6, 6.07) is 10.8. The number of pyridine rings is 2. The summed E-state index contributed by atoms with van der Waals surface area (Å²) in [6.45, 7) is 0. The highest BCUT2D eigenvalue weighted by atomic mass is 15.2. The van der Waals surface area contributed by atoms with Crippen molar-refractivity contribution in [3.8, 4) is 22.5 Å². The van der Waals surface area contributed by atoms with Crippen molar-refractivity contribution in [1.82, 2.24) is 24.1 Å². The van der Waals surface area contributed by atoms with Crippen LogP contribution < -0.4 is 5.32 Å². The van der Waals surface area contributed by atoms with Crippen LogP contribution in [0.15, 0.2) is 55.1 Å². The predicted octanol–water partition coefficient (Wildman–Crippen LogP) is 3.76. The molecule has 26 heavy (non-hydrogen) atoms. The SMILES string of the molecule is Cn1cc(-c2ccc3ncc(-c4cccc(NC5CCC5)n4)n3c2)cn1. The van der Waals surface area contributed by atoms with Gasteiger partial charge in [-0.25, -0.2) is 9.97 Å². The van der Waals surface area contributed by atoms with Crippen molar-refractivity contribution in [2.75, 3.05) is 5.32 Å². The highest BCUT2D eigenvalue weighted by Crippen LogP contribution is 2.26. The molecule has 1 fully saturated rings. The number of aromatic nitrogens is 5. The molecule has 0 bridgehead atoms. The van der Waals surface area contributed by atoms with E-state index in [0.717, 1.165) is 34.0 Å². The van der Waals surface area contributed by atoms with E-state index in [1.807, 2.05) is 54.6 Å². The van der Waals surface area contributed by atoms with Crippen molar-refractivity contribution >= 4 is 11.5 Å². The van der Waals surface area contributed by atoms with Crippen LogP contribution in [-0.2, 0) is 7.05 Å². The first-order valence-corrected chi connectivity index (χ1v) is 8.96. The first kappa shape index (κ1) is 15.1. The number of nitrogens with one attached hydrogen (secondary N) is 1. The lowest BCUT2D eigenvalue weighted by Gasteiger charge is -2.27. The summed E-state index contributed by atoms with van der Waals surface area (Å²) in [4.78, 5) is 9.34. The highest BCUT2D eigenvalue weighted by Gasteiger charge is 2.17. The first-order valence-electron chi connectivity index (χ1n) is 8.96. The third kappa shape index (κ3) is 2.63. The van der Waals surface area contributed by atoms with Gasteiger partial charge in [0.15, 0.2) is 0 Å². The Bertz CT molecular complexity index is 1070. The van der Waals surface area contributed by atoms with Gasteiger partial charge in [0.1, 0.15) is 11.5 Å². The summed E-state index contributed by atoms with van der Waals surface area (Å²) in [7, 11) is 1.93. The minimum absolute atomic E-state index is 0.567. The summed E-state index contributed by atoms with van der Waals surface area (Å²) < 4.78 is 3.91. The van der Waals surface area contributed by atoms with Crippen molar-refractivity contribution in [1.29, 1.82) is 0 Å². The zero-order chi connectivity index (χ0) is 17.5. The molecule has 0 spiro atoms. The standard InChI is InChI=1S/C20H20N6/c1-25-12-15(10-22-25)14-8-9-20-21-11-18(26(20)13-14)17-6-3-7-19(24-17)23-16-4-2-5-16/h3,6-13,16H,2,4-5H2,1H3,(H,23,24). The lowest BCUT2D eigenvalue weighted by atomic mass is 9.93. The molecule has 0 saturated heterocycles. The Morgan fingerprint density at radius 3 is 2.73 bits per heavy atom. The van der Waals surface area contributed by atoms with Gasteiger partial charge in [0.25, 0.3) is 0 Å². The molecule has 0 amide bonds. The number of nitrogens with zero attached hydrogens (tertiary/aromatic N) is 5. The van der Waals surface area contributed by atoms with Gasteiger partial charge >= 0.3 is 0 Å². The fraction of sp³-hybridized carbons (Fsp3) is 0.250. The number of hydrogen-bond acceptors (Lipinski definition) is 4. The number of hydrogen-bond donors (Lipinski definition) is 1. The van der Waals surface area contributed by atoms with Crippen LogP contribution in [0.5, 0.6) is 0 Å². The molecule has 0 aliphatic heterocycles. The molecule has 0 atom stereocenters. The molecule has 4 heterocycles. The average Bonchev–Trinajstić information content (AvgIpc) is 3.24. The summed E-state index contributed by atoms with van der Waals surface area (Å²) in [5, 5.41) is 7.78. The Labute approximate surface area is 151 Å². The summed E-state index contributed by atoms with van der Waals surface area (Å²) in [5.74, 6) is 0.936. The molecule has 0 unspecified atom stereocenters. The zero-order valence-corrected chi connectivity index (χ0v) is 14.6. The highest BCUT2D eigenvalue weighted by molar-refractivity contribution is 5.67. The second-order valence-corrected chi connectivity index (χ2v) is 6.87. The minimum Gasteiger partial charge on any atom is -0.367 e. The van der Waals surface area contributed by atoms with Crippen molar-refractivity contribution in [3.63, 3.8) is 0 Å². The maximum Gasteiger partial charge on any atom is 0.137 e. The Hall–Kier alpha value is -3.15. The number of imidazole rings is 1. The molecule has 0 radical (unpaired) electrons. The van der Waals surface area contributed by atoms with Crippen LogP contribution in [0.4, 0.5) is 5.82 Å². The molecular formula is C20H20N6. The Morgan fingerprint density at radius 1 is 1.04 bits per heavy atom. The predicted molar refractivity (Wildman–Crippen MR) is 102 cm³/mol. The quantitative estimate of drug-likeness (QED) is 0.612. The summed E-state index contributed by atoms with van der Waals surface area (Å²) >= 11 is 0. The zero-order valence-electron chi connectivity index (χ0n) is 14.6. The van der Waals surface area contributed by atoms with E-state index in [1.165, 1.54) is 19.3 Å². The van der Waals surface area contributed by atoms with Gasteiger partial charge in [0.05, 0.1) is 23.8 Å².